The molecular formula is C30H39N3O2S. The molecule has 0 radical (unpaired) electrons. The Morgan fingerprint density at radius 2 is 1.86 bits per heavy atom. The van der Waals surface area contributed by atoms with Gasteiger partial charge >= 0.3 is 5.97 Å². The smallest absolute Gasteiger partial charge is 0.345 e. The molecule has 1 atom stereocenters. The Balaban J connectivity index is 1.44. The summed E-state index contributed by atoms with van der Waals surface area (Å²) >= 11 is 1.49. The van der Waals surface area contributed by atoms with Gasteiger partial charge in [-0.25, -0.2) is 4.79 Å². The van der Waals surface area contributed by atoms with Crippen LogP contribution >= 0.6 is 11.3 Å². The third kappa shape index (κ3) is 4.37. The van der Waals surface area contributed by atoms with Gasteiger partial charge < -0.3 is 19.5 Å². The number of rotatable bonds is 5. The molecule has 36 heavy (non-hydrogen) atoms. The summed E-state index contributed by atoms with van der Waals surface area (Å²) in [6.45, 7) is 11.0. The largest absolute Gasteiger partial charge is 0.477 e. The number of thiophene rings is 1. The first-order valence-corrected chi connectivity index (χ1v) is 14.8. The summed E-state index contributed by atoms with van der Waals surface area (Å²) < 4.78 is 3.69. The van der Waals surface area contributed by atoms with E-state index in [1.165, 1.54) is 102 Å². The summed E-state index contributed by atoms with van der Waals surface area (Å²) in [5.74, 6) is 0.516. The van der Waals surface area contributed by atoms with Crippen molar-refractivity contribution in [2.24, 2.45) is 5.92 Å². The van der Waals surface area contributed by atoms with E-state index in [0.717, 1.165) is 37.6 Å². The molecular weight excluding hydrogens is 466 g/mol. The Kier molecular flexibility index (Phi) is 6.59. The van der Waals surface area contributed by atoms with Crippen LogP contribution in [0, 0.1) is 12.8 Å². The van der Waals surface area contributed by atoms with Crippen LogP contribution in [-0.4, -0.2) is 53.3 Å². The third-order valence-electron chi connectivity index (χ3n) is 8.77. The molecule has 192 valence electrons. The lowest BCUT2D eigenvalue weighted by molar-refractivity contribution is 0.0702. The van der Waals surface area contributed by atoms with Crippen LogP contribution in [0.1, 0.15) is 78.6 Å². The van der Waals surface area contributed by atoms with Gasteiger partial charge in [0, 0.05) is 44.0 Å². The molecule has 1 aliphatic carbocycles. The van der Waals surface area contributed by atoms with E-state index < -0.39 is 5.97 Å². The Labute approximate surface area is 218 Å². The lowest BCUT2D eigenvalue weighted by Crippen LogP contribution is -2.41. The van der Waals surface area contributed by atoms with E-state index in [-0.39, 0.29) is 0 Å². The normalized spacial score (nSPS) is 21.4. The monoisotopic (exact) mass is 505 g/mol. The highest BCUT2D eigenvalue weighted by molar-refractivity contribution is 7.21. The summed E-state index contributed by atoms with van der Waals surface area (Å²) in [6.07, 6.45) is 8.96. The predicted molar refractivity (Wildman–Crippen MR) is 150 cm³/mol. The first-order chi connectivity index (χ1) is 17.5. The van der Waals surface area contributed by atoms with Crippen molar-refractivity contribution in [3.8, 4) is 11.3 Å². The number of hydrogen-bond donors (Lipinski definition) is 1. The van der Waals surface area contributed by atoms with E-state index in [9.17, 15) is 9.90 Å². The number of nitrogens with zero attached hydrogens (tertiary/aromatic N) is 3. The number of anilines is 1. The Morgan fingerprint density at radius 1 is 1.03 bits per heavy atom. The second-order valence-electron chi connectivity index (χ2n) is 11.4. The number of aromatic nitrogens is 1. The van der Waals surface area contributed by atoms with E-state index in [4.69, 9.17) is 0 Å². The number of fused-ring (bicyclic) bond motifs is 5. The number of hydrogen-bond acceptors (Lipinski definition) is 4. The average Bonchev–Trinajstić information content (AvgIpc) is 3.38. The van der Waals surface area contributed by atoms with Crippen LogP contribution in [0.5, 0.6) is 0 Å². The molecule has 2 aliphatic heterocycles. The van der Waals surface area contributed by atoms with Crippen molar-refractivity contribution in [2.45, 2.75) is 71.3 Å². The molecule has 6 heteroatoms. The van der Waals surface area contributed by atoms with Gasteiger partial charge in [-0.1, -0.05) is 38.3 Å². The quantitative estimate of drug-likeness (QED) is 0.407. The molecule has 0 bridgehead atoms. The second kappa shape index (κ2) is 9.86. The average molecular weight is 506 g/mol. The van der Waals surface area contributed by atoms with Crippen molar-refractivity contribution in [3.05, 3.63) is 40.3 Å². The zero-order valence-corrected chi connectivity index (χ0v) is 22.6. The molecule has 1 N–H and O–H groups in total. The zero-order chi connectivity index (χ0) is 24.8. The molecule has 6 rings (SSSR count). The molecule has 3 aromatic rings. The number of carboxylic acid groups (broad SMARTS) is 1. The third-order valence-corrected chi connectivity index (χ3v) is 9.91. The summed E-state index contributed by atoms with van der Waals surface area (Å²) in [6, 6.07) is 8.92. The minimum absolute atomic E-state index is 0.469. The van der Waals surface area contributed by atoms with Gasteiger partial charge in [-0.2, -0.15) is 0 Å². The summed E-state index contributed by atoms with van der Waals surface area (Å²) in [7, 11) is 0. The summed E-state index contributed by atoms with van der Waals surface area (Å²) in [5, 5.41) is 9.80. The molecule has 1 saturated heterocycles. The van der Waals surface area contributed by atoms with Gasteiger partial charge in [0.05, 0.1) is 15.9 Å². The van der Waals surface area contributed by atoms with Crippen LogP contribution in [0.25, 0.3) is 21.5 Å². The van der Waals surface area contributed by atoms with E-state index in [1.807, 2.05) is 6.07 Å². The van der Waals surface area contributed by atoms with Gasteiger partial charge in [-0.05, 0) is 74.2 Å². The van der Waals surface area contributed by atoms with Gasteiger partial charge in [0.25, 0.3) is 0 Å². The fourth-order valence-electron chi connectivity index (χ4n) is 6.98. The minimum atomic E-state index is -0.804. The minimum Gasteiger partial charge on any atom is -0.477 e. The number of piperidine rings is 1. The van der Waals surface area contributed by atoms with Gasteiger partial charge in [0.2, 0.25) is 0 Å². The maximum Gasteiger partial charge on any atom is 0.345 e. The molecule has 0 amide bonds. The number of aryl methyl sites for hydroxylation is 1. The lowest BCUT2D eigenvalue weighted by Gasteiger charge is -2.33. The van der Waals surface area contributed by atoms with E-state index >= 15 is 0 Å². The standard InChI is InChI=1S/C30H39N3O2S/c1-20-10-11-23-24(17-20)32(14-13-31-12-6-7-21(2)19-31)15-16-33-25-18-26(30(34)35)36-29(25)27(28(23)33)22-8-4-3-5-9-22/h10-11,17-18,21-22H,3-9,12-16,19H2,1-2H3,(H,34,35). The van der Waals surface area contributed by atoms with Crippen molar-refractivity contribution >= 4 is 33.2 Å². The molecule has 3 aliphatic rings. The highest BCUT2D eigenvalue weighted by Crippen LogP contribution is 2.49. The first kappa shape index (κ1) is 24.1. The van der Waals surface area contributed by atoms with Crippen molar-refractivity contribution in [1.29, 1.82) is 0 Å². The molecule has 4 heterocycles. The van der Waals surface area contributed by atoms with E-state index in [1.54, 1.807) is 0 Å². The molecule has 1 aromatic carbocycles. The van der Waals surface area contributed by atoms with Crippen molar-refractivity contribution in [2.75, 3.05) is 37.6 Å². The molecule has 2 fully saturated rings. The Bertz CT molecular complexity index is 1270. The summed E-state index contributed by atoms with van der Waals surface area (Å²) in [4.78, 5) is 17.7. The second-order valence-corrected chi connectivity index (χ2v) is 12.5. The number of aromatic carboxylic acids is 1. The fraction of sp³-hybridized carbons (Fsp3) is 0.567. The molecule has 5 nitrogen and oxygen atoms in total. The highest BCUT2D eigenvalue weighted by Gasteiger charge is 2.32. The van der Waals surface area contributed by atoms with Crippen LogP contribution in [0.4, 0.5) is 5.69 Å². The number of benzene rings is 1. The number of carboxylic acids is 1. The van der Waals surface area contributed by atoms with E-state index in [2.05, 4.69) is 46.4 Å². The van der Waals surface area contributed by atoms with Gasteiger partial charge in [-0.3, -0.25) is 0 Å². The van der Waals surface area contributed by atoms with Crippen molar-refractivity contribution < 1.29 is 9.90 Å². The van der Waals surface area contributed by atoms with Crippen LogP contribution in [0.15, 0.2) is 24.3 Å². The predicted octanol–water partition coefficient (Wildman–Crippen LogP) is 6.98. The van der Waals surface area contributed by atoms with Crippen LogP contribution in [-0.2, 0) is 6.54 Å². The highest BCUT2D eigenvalue weighted by atomic mass is 32.1. The molecule has 1 saturated carbocycles. The topological polar surface area (TPSA) is 48.7 Å². The lowest BCUT2D eigenvalue weighted by atomic mass is 9.83. The molecule has 0 spiro atoms. The number of likely N-dealkylation sites (tertiary alicyclic amines) is 1. The van der Waals surface area contributed by atoms with Crippen LogP contribution in [0.2, 0.25) is 0 Å². The maximum atomic E-state index is 11.9. The Hall–Kier alpha value is -2.31. The SMILES string of the molecule is Cc1ccc2c(c1)N(CCN1CCCC(C)C1)CCn1c-2c(C2CCCCC2)c2sc(C(=O)O)cc21. The Morgan fingerprint density at radius 3 is 2.64 bits per heavy atom. The zero-order valence-electron chi connectivity index (χ0n) is 21.8. The van der Waals surface area contributed by atoms with Gasteiger partial charge in [-0.15, -0.1) is 11.3 Å². The van der Waals surface area contributed by atoms with Crippen molar-refractivity contribution in [3.63, 3.8) is 0 Å². The van der Waals surface area contributed by atoms with Crippen molar-refractivity contribution in [1.82, 2.24) is 9.47 Å². The van der Waals surface area contributed by atoms with Gasteiger partial charge in [0.1, 0.15) is 4.88 Å². The number of carbonyl (C=O) groups is 1. The van der Waals surface area contributed by atoms with Gasteiger partial charge in [0.15, 0.2) is 0 Å². The maximum absolute atomic E-state index is 11.9. The fourth-order valence-corrected chi connectivity index (χ4v) is 8.10. The molecule has 2 aromatic heterocycles. The summed E-state index contributed by atoms with van der Waals surface area (Å²) in [5.41, 5.74) is 7.93. The van der Waals surface area contributed by atoms with Crippen LogP contribution in [0.3, 0.4) is 0 Å². The van der Waals surface area contributed by atoms with E-state index in [0.29, 0.717) is 10.8 Å². The first-order valence-electron chi connectivity index (χ1n) is 14.0. The molecule has 1 unspecified atom stereocenters. The van der Waals surface area contributed by atoms with Crippen LogP contribution < -0.4 is 4.90 Å².